The molecule has 0 fully saturated rings. The lowest BCUT2D eigenvalue weighted by molar-refractivity contribution is 0.0958. The van der Waals surface area contributed by atoms with Crippen molar-refractivity contribution in [2.24, 2.45) is 0 Å². The van der Waals surface area contributed by atoms with E-state index in [9.17, 15) is 4.79 Å². The SMILES string of the molecule is C=CCNC(=O)c1cccc(Cl)c1. The maximum atomic E-state index is 11.3. The molecule has 1 amide bonds. The van der Waals surface area contributed by atoms with E-state index in [2.05, 4.69) is 11.9 Å². The average Bonchev–Trinajstić information content (AvgIpc) is 2.14. The molecule has 0 bridgehead atoms. The highest BCUT2D eigenvalue weighted by molar-refractivity contribution is 6.30. The number of hydrogen-bond acceptors (Lipinski definition) is 1. The quantitative estimate of drug-likeness (QED) is 0.737. The van der Waals surface area contributed by atoms with E-state index >= 15 is 0 Å². The molecule has 1 aromatic rings. The van der Waals surface area contributed by atoms with Gasteiger partial charge in [0.05, 0.1) is 0 Å². The van der Waals surface area contributed by atoms with Gasteiger partial charge < -0.3 is 5.32 Å². The molecule has 0 aromatic heterocycles. The smallest absolute Gasteiger partial charge is 0.251 e. The van der Waals surface area contributed by atoms with Gasteiger partial charge in [0, 0.05) is 17.1 Å². The number of rotatable bonds is 3. The van der Waals surface area contributed by atoms with Gasteiger partial charge in [-0.1, -0.05) is 23.7 Å². The van der Waals surface area contributed by atoms with E-state index in [0.29, 0.717) is 17.1 Å². The zero-order valence-electron chi connectivity index (χ0n) is 7.09. The van der Waals surface area contributed by atoms with Crippen molar-refractivity contribution in [3.05, 3.63) is 47.5 Å². The Morgan fingerprint density at radius 1 is 1.62 bits per heavy atom. The summed E-state index contributed by atoms with van der Waals surface area (Å²) in [6, 6.07) is 6.81. The normalized spacial score (nSPS) is 9.31. The molecule has 1 aromatic carbocycles. The van der Waals surface area contributed by atoms with Gasteiger partial charge in [-0.25, -0.2) is 0 Å². The topological polar surface area (TPSA) is 29.1 Å². The van der Waals surface area contributed by atoms with Gasteiger partial charge in [-0.2, -0.15) is 0 Å². The van der Waals surface area contributed by atoms with Crippen LogP contribution in [0, 0.1) is 0 Å². The van der Waals surface area contributed by atoms with Crippen LogP contribution in [0.25, 0.3) is 0 Å². The second-order valence-electron chi connectivity index (χ2n) is 2.51. The van der Waals surface area contributed by atoms with Crippen molar-refractivity contribution < 1.29 is 4.79 Å². The first-order valence-corrected chi connectivity index (χ1v) is 4.26. The molecule has 1 rings (SSSR count). The van der Waals surface area contributed by atoms with Crippen LogP contribution in [-0.2, 0) is 0 Å². The Balaban J connectivity index is 2.71. The lowest BCUT2D eigenvalue weighted by Gasteiger charge is -2.01. The lowest BCUT2D eigenvalue weighted by Crippen LogP contribution is -2.22. The third-order valence-electron chi connectivity index (χ3n) is 1.49. The maximum absolute atomic E-state index is 11.3. The second kappa shape index (κ2) is 4.67. The standard InChI is InChI=1S/C10H10ClNO/c1-2-6-12-10(13)8-4-3-5-9(11)7-8/h2-5,7H,1,6H2,(H,12,13). The average molecular weight is 196 g/mol. The van der Waals surface area contributed by atoms with Gasteiger partial charge in [0.1, 0.15) is 0 Å². The van der Waals surface area contributed by atoms with Crippen molar-refractivity contribution in [3.8, 4) is 0 Å². The third-order valence-corrected chi connectivity index (χ3v) is 1.73. The van der Waals surface area contributed by atoms with E-state index in [4.69, 9.17) is 11.6 Å². The van der Waals surface area contributed by atoms with Crippen molar-refractivity contribution in [3.63, 3.8) is 0 Å². The summed E-state index contributed by atoms with van der Waals surface area (Å²) in [4.78, 5) is 11.3. The molecule has 0 saturated carbocycles. The van der Waals surface area contributed by atoms with Crippen LogP contribution in [-0.4, -0.2) is 12.5 Å². The van der Waals surface area contributed by atoms with Gasteiger partial charge in [0.15, 0.2) is 0 Å². The molecule has 68 valence electrons. The third kappa shape index (κ3) is 2.92. The molecule has 13 heavy (non-hydrogen) atoms. The van der Waals surface area contributed by atoms with Crippen LogP contribution in [0.3, 0.4) is 0 Å². The Bertz CT molecular complexity index is 322. The predicted octanol–water partition coefficient (Wildman–Crippen LogP) is 2.26. The highest BCUT2D eigenvalue weighted by Gasteiger charge is 2.02. The van der Waals surface area contributed by atoms with Crippen molar-refractivity contribution in [1.29, 1.82) is 0 Å². The minimum absolute atomic E-state index is 0.137. The zero-order chi connectivity index (χ0) is 9.68. The summed E-state index contributed by atoms with van der Waals surface area (Å²) in [5.41, 5.74) is 0.564. The van der Waals surface area contributed by atoms with E-state index in [1.54, 1.807) is 30.3 Å². The summed E-state index contributed by atoms with van der Waals surface area (Å²) < 4.78 is 0. The molecule has 0 aliphatic carbocycles. The number of amides is 1. The number of benzene rings is 1. The predicted molar refractivity (Wildman–Crippen MR) is 54.0 cm³/mol. The summed E-state index contributed by atoms with van der Waals surface area (Å²) in [5, 5.41) is 3.22. The first kappa shape index (κ1) is 9.81. The Labute approximate surface area is 82.2 Å². The van der Waals surface area contributed by atoms with Gasteiger partial charge in [-0.15, -0.1) is 6.58 Å². The molecule has 0 atom stereocenters. The molecular weight excluding hydrogens is 186 g/mol. The molecule has 0 saturated heterocycles. The molecule has 0 unspecified atom stereocenters. The summed E-state index contributed by atoms with van der Waals surface area (Å²) in [7, 11) is 0. The first-order valence-electron chi connectivity index (χ1n) is 3.88. The minimum atomic E-state index is -0.137. The van der Waals surface area contributed by atoms with Crippen LogP contribution < -0.4 is 5.32 Å². The Morgan fingerprint density at radius 3 is 3.00 bits per heavy atom. The molecule has 2 nitrogen and oxygen atoms in total. The van der Waals surface area contributed by atoms with E-state index < -0.39 is 0 Å². The number of carbonyl (C=O) groups excluding carboxylic acids is 1. The highest BCUT2D eigenvalue weighted by Crippen LogP contribution is 2.10. The van der Waals surface area contributed by atoms with Gasteiger partial charge in [-0.05, 0) is 18.2 Å². The maximum Gasteiger partial charge on any atom is 0.251 e. The molecule has 0 aliphatic rings. The van der Waals surface area contributed by atoms with Gasteiger partial charge in [-0.3, -0.25) is 4.79 Å². The van der Waals surface area contributed by atoms with Crippen LogP contribution in [0.2, 0.25) is 5.02 Å². The monoisotopic (exact) mass is 195 g/mol. The Hall–Kier alpha value is -1.28. The Kier molecular flexibility index (Phi) is 3.53. The van der Waals surface area contributed by atoms with Gasteiger partial charge in [0.2, 0.25) is 0 Å². The van der Waals surface area contributed by atoms with Gasteiger partial charge in [0.25, 0.3) is 5.91 Å². The number of nitrogens with one attached hydrogen (secondary N) is 1. The molecule has 0 radical (unpaired) electrons. The van der Waals surface area contributed by atoms with Crippen LogP contribution in [0.1, 0.15) is 10.4 Å². The van der Waals surface area contributed by atoms with Crippen molar-refractivity contribution in [2.45, 2.75) is 0 Å². The molecule has 0 aliphatic heterocycles. The highest BCUT2D eigenvalue weighted by atomic mass is 35.5. The van der Waals surface area contributed by atoms with Crippen LogP contribution in [0.4, 0.5) is 0 Å². The van der Waals surface area contributed by atoms with Crippen LogP contribution in [0.5, 0.6) is 0 Å². The second-order valence-corrected chi connectivity index (χ2v) is 2.95. The van der Waals surface area contributed by atoms with Crippen molar-refractivity contribution in [1.82, 2.24) is 5.32 Å². The van der Waals surface area contributed by atoms with E-state index in [1.807, 2.05) is 0 Å². The molecule has 0 heterocycles. The number of halogens is 1. The fraction of sp³-hybridized carbons (Fsp3) is 0.100. The molecule has 0 spiro atoms. The Morgan fingerprint density at radius 2 is 2.38 bits per heavy atom. The lowest BCUT2D eigenvalue weighted by atomic mass is 10.2. The van der Waals surface area contributed by atoms with E-state index in [-0.39, 0.29) is 5.91 Å². The van der Waals surface area contributed by atoms with Crippen molar-refractivity contribution in [2.75, 3.05) is 6.54 Å². The van der Waals surface area contributed by atoms with E-state index in [1.165, 1.54) is 0 Å². The van der Waals surface area contributed by atoms with Gasteiger partial charge >= 0.3 is 0 Å². The molecular formula is C10H10ClNO. The number of carbonyl (C=O) groups is 1. The fourth-order valence-electron chi connectivity index (χ4n) is 0.897. The van der Waals surface area contributed by atoms with E-state index in [0.717, 1.165) is 0 Å². The van der Waals surface area contributed by atoms with Crippen molar-refractivity contribution >= 4 is 17.5 Å². The summed E-state index contributed by atoms with van der Waals surface area (Å²) in [6.45, 7) is 3.97. The molecule has 1 N–H and O–H groups in total. The van der Waals surface area contributed by atoms with Crippen LogP contribution >= 0.6 is 11.6 Å². The zero-order valence-corrected chi connectivity index (χ0v) is 7.84. The minimum Gasteiger partial charge on any atom is -0.349 e. The first-order chi connectivity index (χ1) is 6.24. The summed E-state index contributed by atoms with van der Waals surface area (Å²) in [6.07, 6.45) is 1.63. The fourth-order valence-corrected chi connectivity index (χ4v) is 1.09. The van der Waals surface area contributed by atoms with Crippen LogP contribution in [0.15, 0.2) is 36.9 Å². The largest absolute Gasteiger partial charge is 0.349 e. The number of hydrogen-bond donors (Lipinski definition) is 1. The molecule has 3 heteroatoms. The summed E-state index contributed by atoms with van der Waals surface area (Å²) >= 11 is 5.72. The summed E-state index contributed by atoms with van der Waals surface area (Å²) in [5.74, 6) is -0.137.